The normalized spacial score (nSPS) is 17.9. The van der Waals surface area contributed by atoms with E-state index in [4.69, 9.17) is 0 Å². The zero-order chi connectivity index (χ0) is 10.4. The fourth-order valence-corrected chi connectivity index (χ4v) is 1.98. The molecule has 0 saturated heterocycles. The van der Waals surface area contributed by atoms with Crippen molar-refractivity contribution in [2.24, 2.45) is 5.41 Å². The molecule has 2 nitrogen and oxygen atoms in total. The van der Waals surface area contributed by atoms with Gasteiger partial charge in [0.25, 0.3) is 0 Å². The van der Waals surface area contributed by atoms with Crippen molar-refractivity contribution in [2.45, 2.75) is 58.8 Å². The van der Waals surface area contributed by atoms with Gasteiger partial charge in [-0.3, -0.25) is 4.79 Å². The Hall–Kier alpha value is -0.530. The molecule has 0 atom stereocenters. The largest absolute Gasteiger partial charge is 0.356 e. The van der Waals surface area contributed by atoms with E-state index in [1.54, 1.807) is 0 Å². The molecule has 1 amide bonds. The summed E-state index contributed by atoms with van der Waals surface area (Å²) in [7, 11) is 0. The highest BCUT2D eigenvalue weighted by Gasteiger charge is 2.48. The van der Waals surface area contributed by atoms with Crippen LogP contribution in [-0.4, -0.2) is 12.5 Å². The van der Waals surface area contributed by atoms with Crippen molar-refractivity contribution in [1.82, 2.24) is 5.32 Å². The van der Waals surface area contributed by atoms with Gasteiger partial charge in [-0.15, -0.1) is 0 Å². The van der Waals surface area contributed by atoms with E-state index in [1.807, 2.05) is 6.92 Å². The van der Waals surface area contributed by atoms with Gasteiger partial charge in [-0.2, -0.15) is 0 Å². The van der Waals surface area contributed by atoms with Gasteiger partial charge >= 0.3 is 0 Å². The molecule has 0 unspecified atom stereocenters. The Balaban J connectivity index is 2.18. The van der Waals surface area contributed by atoms with Crippen molar-refractivity contribution < 1.29 is 4.79 Å². The molecular weight excluding hydrogens is 174 g/mol. The Morgan fingerprint density at radius 1 is 1.21 bits per heavy atom. The van der Waals surface area contributed by atoms with Crippen molar-refractivity contribution in [1.29, 1.82) is 0 Å². The summed E-state index contributed by atoms with van der Waals surface area (Å²) in [4.78, 5) is 11.7. The van der Waals surface area contributed by atoms with E-state index in [0.29, 0.717) is 5.91 Å². The fourth-order valence-electron chi connectivity index (χ4n) is 1.98. The lowest BCUT2D eigenvalue weighted by molar-refractivity contribution is -0.126. The average molecular weight is 197 g/mol. The van der Waals surface area contributed by atoms with Crippen molar-refractivity contribution in [2.75, 3.05) is 6.54 Å². The zero-order valence-corrected chi connectivity index (χ0v) is 9.57. The highest BCUT2D eigenvalue weighted by atomic mass is 16.2. The molecular formula is C12H23NO. The minimum atomic E-state index is 0.0593. The molecule has 1 N–H and O–H groups in total. The van der Waals surface area contributed by atoms with Crippen LogP contribution in [0.4, 0.5) is 0 Å². The average Bonchev–Trinajstić information content (AvgIpc) is 2.94. The molecule has 1 aliphatic carbocycles. The molecule has 0 heterocycles. The number of hydrogen-bond donors (Lipinski definition) is 1. The number of carbonyl (C=O) groups excluding carboxylic acids is 1. The van der Waals surface area contributed by atoms with Gasteiger partial charge in [0.15, 0.2) is 0 Å². The highest BCUT2D eigenvalue weighted by Crippen LogP contribution is 2.50. The SMILES string of the molecule is CCCCCCC1(C(=O)NCC)CC1. The van der Waals surface area contributed by atoms with Gasteiger partial charge < -0.3 is 5.32 Å². The van der Waals surface area contributed by atoms with Crippen LogP contribution in [0.15, 0.2) is 0 Å². The van der Waals surface area contributed by atoms with Gasteiger partial charge in [0.05, 0.1) is 0 Å². The third-order valence-corrected chi connectivity index (χ3v) is 3.18. The lowest BCUT2D eigenvalue weighted by Crippen LogP contribution is -2.31. The second kappa shape index (κ2) is 5.38. The number of unbranched alkanes of at least 4 members (excludes halogenated alkanes) is 3. The molecule has 0 aromatic carbocycles. The first-order valence-electron chi connectivity index (χ1n) is 6.03. The van der Waals surface area contributed by atoms with E-state index in [1.165, 1.54) is 25.7 Å². The molecule has 0 bridgehead atoms. The van der Waals surface area contributed by atoms with Crippen LogP contribution >= 0.6 is 0 Å². The molecule has 0 aromatic rings. The van der Waals surface area contributed by atoms with Gasteiger partial charge in [0.2, 0.25) is 5.91 Å². The van der Waals surface area contributed by atoms with Crippen LogP contribution in [0.2, 0.25) is 0 Å². The summed E-state index contributed by atoms with van der Waals surface area (Å²) in [5.41, 5.74) is 0.0593. The van der Waals surface area contributed by atoms with Gasteiger partial charge in [0.1, 0.15) is 0 Å². The molecule has 0 aliphatic heterocycles. The molecule has 82 valence electrons. The lowest BCUT2D eigenvalue weighted by atomic mass is 9.97. The summed E-state index contributed by atoms with van der Waals surface area (Å²) in [6.45, 7) is 4.98. The molecule has 0 aromatic heterocycles. The number of amides is 1. The summed E-state index contributed by atoms with van der Waals surface area (Å²) in [5, 5.41) is 2.95. The Labute approximate surface area is 87.5 Å². The number of hydrogen-bond acceptors (Lipinski definition) is 1. The van der Waals surface area contributed by atoms with Crippen molar-refractivity contribution in [3.05, 3.63) is 0 Å². The maximum atomic E-state index is 11.7. The molecule has 1 rings (SSSR count). The van der Waals surface area contributed by atoms with E-state index < -0.39 is 0 Å². The predicted octanol–water partition coefficient (Wildman–Crippen LogP) is 2.87. The summed E-state index contributed by atoms with van der Waals surface area (Å²) < 4.78 is 0. The van der Waals surface area contributed by atoms with Crippen molar-refractivity contribution in [3.63, 3.8) is 0 Å². The van der Waals surface area contributed by atoms with Crippen LogP contribution in [0.5, 0.6) is 0 Å². The fraction of sp³-hybridized carbons (Fsp3) is 0.917. The van der Waals surface area contributed by atoms with Crippen LogP contribution in [0.1, 0.15) is 58.8 Å². The smallest absolute Gasteiger partial charge is 0.226 e. The Morgan fingerprint density at radius 3 is 2.43 bits per heavy atom. The molecule has 1 fully saturated rings. The third-order valence-electron chi connectivity index (χ3n) is 3.18. The molecule has 1 aliphatic rings. The minimum Gasteiger partial charge on any atom is -0.356 e. The topological polar surface area (TPSA) is 29.1 Å². The maximum Gasteiger partial charge on any atom is 0.226 e. The van der Waals surface area contributed by atoms with Gasteiger partial charge in [-0.25, -0.2) is 0 Å². The number of carbonyl (C=O) groups is 1. The summed E-state index contributed by atoms with van der Waals surface area (Å²) in [5.74, 6) is 0.302. The Morgan fingerprint density at radius 2 is 1.93 bits per heavy atom. The molecule has 0 spiro atoms. The van der Waals surface area contributed by atoms with Gasteiger partial charge in [0, 0.05) is 12.0 Å². The second-order valence-electron chi connectivity index (χ2n) is 4.45. The van der Waals surface area contributed by atoms with Crippen LogP contribution in [0, 0.1) is 5.41 Å². The monoisotopic (exact) mass is 197 g/mol. The summed E-state index contributed by atoms with van der Waals surface area (Å²) >= 11 is 0. The molecule has 14 heavy (non-hydrogen) atoms. The quantitative estimate of drug-likeness (QED) is 0.625. The zero-order valence-electron chi connectivity index (χ0n) is 9.57. The molecule has 1 saturated carbocycles. The summed E-state index contributed by atoms with van der Waals surface area (Å²) in [6, 6.07) is 0. The second-order valence-corrected chi connectivity index (χ2v) is 4.45. The van der Waals surface area contributed by atoms with E-state index in [-0.39, 0.29) is 5.41 Å². The number of nitrogens with one attached hydrogen (secondary N) is 1. The predicted molar refractivity (Wildman–Crippen MR) is 59.1 cm³/mol. The highest BCUT2D eigenvalue weighted by molar-refractivity contribution is 5.85. The maximum absolute atomic E-state index is 11.7. The van der Waals surface area contributed by atoms with Crippen LogP contribution in [0.3, 0.4) is 0 Å². The van der Waals surface area contributed by atoms with E-state index in [0.717, 1.165) is 25.8 Å². The molecule has 0 radical (unpaired) electrons. The van der Waals surface area contributed by atoms with Gasteiger partial charge in [-0.1, -0.05) is 32.6 Å². The summed E-state index contributed by atoms with van der Waals surface area (Å²) in [6.07, 6.45) is 8.44. The first-order chi connectivity index (χ1) is 6.75. The van der Waals surface area contributed by atoms with Crippen LogP contribution < -0.4 is 5.32 Å². The van der Waals surface area contributed by atoms with Crippen molar-refractivity contribution >= 4 is 5.91 Å². The molecule has 2 heteroatoms. The first-order valence-corrected chi connectivity index (χ1v) is 6.03. The minimum absolute atomic E-state index is 0.0593. The van der Waals surface area contributed by atoms with E-state index in [9.17, 15) is 4.79 Å². The van der Waals surface area contributed by atoms with Crippen LogP contribution in [-0.2, 0) is 4.79 Å². The van der Waals surface area contributed by atoms with Crippen LogP contribution in [0.25, 0.3) is 0 Å². The third kappa shape index (κ3) is 3.00. The Kier molecular flexibility index (Phi) is 4.43. The standard InChI is InChI=1S/C12H23NO/c1-3-5-6-7-8-12(9-10-12)11(14)13-4-2/h3-10H2,1-2H3,(H,13,14). The first kappa shape index (κ1) is 11.5. The lowest BCUT2D eigenvalue weighted by Gasteiger charge is -2.13. The number of rotatable bonds is 7. The van der Waals surface area contributed by atoms with Gasteiger partial charge in [-0.05, 0) is 26.2 Å². The van der Waals surface area contributed by atoms with Crippen molar-refractivity contribution in [3.8, 4) is 0 Å². The van der Waals surface area contributed by atoms with E-state index >= 15 is 0 Å². The Bertz CT molecular complexity index is 185. The van der Waals surface area contributed by atoms with E-state index in [2.05, 4.69) is 12.2 Å².